The van der Waals surface area contributed by atoms with Crippen LogP contribution in [0.1, 0.15) is 63.1 Å². The fourth-order valence-electron chi connectivity index (χ4n) is 6.86. The Kier molecular flexibility index (Phi) is 5.84. The lowest BCUT2D eigenvalue weighted by Crippen LogP contribution is -2.35. The first-order valence-electron chi connectivity index (χ1n) is 12.9. The first-order valence-corrected chi connectivity index (χ1v) is 12.9. The molecule has 0 spiro atoms. The van der Waals surface area contributed by atoms with Crippen LogP contribution in [0.2, 0.25) is 0 Å². The molecule has 5 nitrogen and oxygen atoms in total. The molecule has 2 aliphatic carbocycles. The number of hydrogen-bond donors (Lipinski definition) is 3. The summed E-state index contributed by atoms with van der Waals surface area (Å²) in [5, 5.41) is 9.59. The molecular weight excluding hydrogens is 446 g/mol. The van der Waals surface area contributed by atoms with Crippen molar-refractivity contribution in [1.29, 1.82) is 0 Å². The topological polar surface area (TPSA) is 70.2 Å². The van der Waals surface area contributed by atoms with E-state index in [1.807, 2.05) is 12.1 Å². The van der Waals surface area contributed by atoms with Gasteiger partial charge < -0.3 is 16.0 Å². The van der Waals surface area contributed by atoms with Crippen LogP contribution in [-0.4, -0.2) is 18.4 Å². The summed E-state index contributed by atoms with van der Waals surface area (Å²) in [4.78, 5) is 25.9. The Morgan fingerprint density at radius 1 is 0.944 bits per heavy atom. The third kappa shape index (κ3) is 3.89. The van der Waals surface area contributed by atoms with E-state index in [-0.39, 0.29) is 11.8 Å². The fourth-order valence-corrected chi connectivity index (χ4v) is 6.86. The molecule has 2 amide bonds. The highest BCUT2D eigenvalue weighted by Gasteiger charge is 2.53. The molecule has 2 saturated carbocycles. The third-order valence-corrected chi connectivity index (χ3v) is 8.33. The van der Waals surface area contributed by atoms with Gasteiger partial charge in [0.2, 0.25) is 0 Å². The van der Waals surface area contributed by atoms with Crippen LogP contribution in [0.25, 0.3) is 0 Å². The largest absolute Gasteiger partial charge is 0.378 e. The normalized spacial score (nSPS) is 25.3. The van der Waals surface area contributed by atoms with E-state index in [0.717, 1.165) is 11.6 Å². The van der Waals surface area contributed by atoms with Gasteiger partial charge in [-0.05, 0) is 84.4 Å². The molecule has 2 bridgehead atoms. The van der Waals surface area contributed by atoms with Crippen LogP contribution in [0, 0.1) is 17.8 Å². The van der Waals surface area contributed by atoms with Gasteiger partial charge in [0.15, 0.2) is 0 Å². The van der Waals surface area contributed by atoms with Crippen LogP contribution in [0.15, 0.2) is 85.5 Å². The van der Waals surface area contributed by atoms with Crippen LogP contribution >= 0.6 is 0 Å². The second-order valence-electron chi connectivity index (χ2n) is 10.3. The van der Waals surface area contributed by atoms with Crippen LogP contribution in [-0.2, 0) is 0 Å². The number of fused-ring (bicyclic) bond motifs is 7. The van der Waals surface area contributed by atoms with E-state index in [4.69, 9.17) is 0 Å². The molecule has 0 radical (unpaired) electrons. The Balaban J connectivity index is 1.30. The van der Waals surface area contributed by atoms with Crippen molar-refractivity contribution in [2.24, 2.45) is 17.8 Å². The smallest absolute Gasteiger partial charge is 0.255 e. The van der Waals surface area contributed by atoms with Gasteiger partial charge in [0, 0.05) is 17.8 Å². The molecule has 2 fully saturated rings. The zero-order chi connectivity index (χ0) is 24.6. The second-order valence-corrected chi connectivity index (χ2v) is 10.3. The lowest BCUT2D eigenvalue weighted by Gasteiger charge is -2.43. The van der Waals surface area contributed by atoms with Crippen molar-refractivity contribution < 1.29 is 9.59 Å². The van der Waals surface area contributed by atoms with Crippen LogP contribution in [0.4, 0.5) is 11.4 Å². The summed E-state index contributed by atoms with van der Waals surface area (Å²) in [7, 11) is 0. The van der Waals surface area contributed by atoms with Crippen molar-refractivity contribution in [3.8, 4) is 0 Å². The summed E-state index contributed by atoms with van der Waals surface area (Å²) in [6.45, 7) is 4.01. The maximum atomic E-state index is 13.3. The third-order valence-electron chi connectivity index (χ3n) is 8.33. The number of carbonyl (C=O) groups is 2. The summed E-state index contributed by atoms with van der Waals surface area (Å²) in [6, 6.07) is 24.2. The maximum Gasteiger partial charge on any atom is 0.255 e. The molecule has 0 aromatic heterocycles. The highest BCUT2D eigenvalue weighted by molar-refractivity contribution is 6.09. The Labute approximate surface area is 212 Å². The number of nitrogens with one attached hydrogen (secondary N) is 3. The maximum absolute atomic E-state index is 13.3. The van der Waals surface area contributed by atoms with Gasteiger partial charge >= 0.3 is 0 Å². The summed E-state index contributed by atoms with van der Waals surface area (Å²) in [5.41, 5.74) is 5.31. The van der Waals surface area contributed by atoms with E-state index < -0.39 is 0 Å². The number of rotatable bonds is 6. The van der Waals surface area contributed by atoms with Gasteiger partial charge in [0.1, 0.15) is 0 Å². The molecule has 1 heterocycles. The molecule has 3 N–H and O–H groups in total. The minimum absolute atomic E-state index is 0.202. The highest BCUT2D eigenvalue weighted by Crippen LogP contribution is 2.63. The van der Waals surface area contributed by atoms with Crippen molar-refractivity contribution in [2.75, 3.05) is 17.2 Å². The van der Waals surface area contributed by atoms with Crippen LogP contribution < -0.4 is 16.0 Å². The minimum atomic E-state index is -0.239. The molecule has 3 aromatic rings. The molecule has 6 rings (SSSR count). The summed E-state index contributed by atoms with van der Waals surface area (Å²) >= 11 is 0. The molecular formula is C31H31N3O2. The zero-order valence-electron chi connectivity index (χ0n) is 20.2. The van der Waals surface area contributed by atoms with Gasteiger partial charge in [0.25, 0.3) is 11.8 Å². The predicted molar refractivity (Wildman–Crippen MR) is 143 cm³/mol. The fraction of sp³-hybridized carbons (Fsp3) is 0.290. The van der Waals surface area contributed by atoms with Crippen molar-refractivity contribution in [1.82, 2.24) is 5.32 Å². The average molecular weight is 478 g/mol. The zero-order valence-corrected chi connectivity index (χ0v) is 20.2. The number of benzene rings is 3. The lowest BCUT2D eigenvalue weighted by molar-refractivity contribution is 0.0959. The summed E-state index contributed by atoms with van der Waals surface area (Å²) < 4.78 is 0. The Bertz CT molecular complexity index is 1320. The Morgan fingerprint density at radius 3 is 2.56 bits per heavy atom. The Morgan fingerprint density at radius 2 is 1.72 bits per heavy atom. The van der Waals surface area contributed by atoms with Gasteiger partial charge in [-0.1, -0.05) is 48.5 Å². The van der Waals surface area contributed by atoms with E-state index in [1.54, 1.807) is 24.3 Å². The Hall–Kier alpha value is -3.86. The van der Waals surface area contributed by atoms with E-state index in [9.17, 15) is 9.59 Å². The van der Waals surface area contributed by atoms with Gasteiger partial charge in [-0.25, -0.2) is 0 Å². The number of anilines is 2. The predicted octanol–water partition coefficient (Wildman–Crippen LogP) is 6.15. The molecule has 36 heavy (non-hydrogen) atoms. The molecule has 5 heteroatoms. The van der Waals surface area contributed by atoms with Crippen molar-refractivity contribution in [3.63, 3.8) is 0 Å². The van der Waals surface area contributed by atoms with Gasteiger partial charge in [0.05, 0.1) is 17.3 Å². The van der Waals surface area contributed by atoms with E-state index in [1.165, 1.54) is 30.4 Å². The average Bonchev–Trinajstić information content (AvgIpc) is 3.55. The van der Waals surface area contributed by atoms with Gasteiger partial charge in [-0.15, -0.1) is 6.58 Å². The first-order chi connectivity index (χ1) is 17.6. The van der Waals surface area contributed by atoms with Gasteiger partial charge in [-0.3, -0.25) is 9.59 Å². The molecule has 5 atom stereocenters. The van der Waals surface area contributed by atoms with Gasteiger partial charge in [-0.2, -0.15) is 0 Å². The SMILES string of the molecule is C=CCNC(=O)c1ccccc1NC(=O)c1ccc2c(c1)[C@@H]1[C@H]3CC[C@@H](C3)[C@@H]1[C@@H](c1ccccc1)N2. The lowest BCUT2D eigenvalue weighted by atomic mass is 9.68. The van der Waals surface area contributed by atoms with Crippen molar-refractivity contribution in [3.05, 3.63) is 108 Å². The number of carbonyl (C=O) groups excluding carboxylic acids is 2. The molecule has 0 saturated heterocycles. The summed E-state index contributed by atoms with van der Waals surface area (Å²) in [6.07, 6.45) is 5.49. The second kappa shape index (κ2) is 9.30. The molecule has 1 aliphatic heterocycles. The number of hydrogen-bond acceptors (Lipinski definition) is 3. The van der Waals surface area contributed by atoms with E-state index in [0.29, 0.717) is 47.2 Å². The van der Waals surface area contributed by atoms with Crippen LogP contribution in [0.5, 0.6) is 0 Å². The quantitative estimate of drug-likeness (QED) is 0.373. The van der Waals surface area contributed by atoms with Crippen molar-refractivity contribution in [2.45, 2.75) is 31.2 Å². The minimum Gasteiger partial charge on any atom is -0.378 e. The monoisotopic (exact) mass is 477 g/mol. The van der Waals surface area contributed by atoms with Crippen molar-refractivity contribution >= 4 is 23.2 Å². The van der Waals surface area contributed by atoms with E-state index in [2.05, 4.69) is 65.0 Å². The highest BCUT2D eigenvalue weighted by atomic mass is 16.2. The molecule has 3 aromatic carbocycles. The van der Waals surface area contributed by atoms with Crippen LogP contribution in [0.3, 0.4) is 0 Å². The summed E-state index contributed by atoms with van der Waals surface area (Å²) in [5.74, 6) is 1.98. The van der Waals surface area contributed by atoms with E-state index >= 15 is 0 Å². The standard InChI is InChI=1S/C31H31N3O2/c1-2-16-32-31(36)23-10-6-7-11-25(23)34-30(35)22-14-15-26-24(18-22)27-20-12-13-21(17-20)28(27)29(33-26)19-8-4-3-5-9-19/h2-11,14-15,18,20-21,27-29,33H,1,12-13,16-17H2,(H,32,36)(H,34,35)/t20-,21-,27-,28-,29+/m0/s1. The molecule has 3 aliphatic rings. The first kappa shape index (κ1) is 22.6. The molecule has 182 valence electrons. The molecule has 0 unspecified atom stereocenters. The number of para-hydroxylation sites is 1. The number of amides is 2.